The van der Waals surface area contributed by atoms with E-state index >= 15 is 0 Å². The molecule has 4 nitrogen and oxygen atoms in total. The minimum Gasteiger partial charge on any atom is -0.370 e. The molecule has 3 atom stereocenters. The lowest BCUT2D eigenvalue weighted by Crippen LogP contribution is -2.44. The lowest BCUT2D eigenvalue weighted by molar-refractivity contribution is -0.131. The summed E-state index contributed by atoms with van der Waals surface area (Å²) in [6, 6.07) is 0.305. The number of methoxy groups -OCH3 is 1. The number of carbonyl (C=O) groups excluding carboxylic acids is 1. The van der Waals surface area contributed by atoms with Gasteiger partial charge in [0.2, 0.25) is 0 Å². The molecule has 15 heavy (non-hydrogen) atoms. The number of nitrogens with one attached hydrogen (secondary N) is 1. The van der Waals surface area contributed by atoms with Gasteiger partial charge in [0, 0.05) is 24.9 Å². The van der Waals surface area contributed by atoms with Crippen LogP contribution in [0.15, 0.2) is 0 Å². The maximum Gasteiger partial charge on any atom is 0.250 e. The van der Waals surface area contributed by atoms with Crippen LogP contribution in [-0.2, 0) is 9.53 Å². The van der Waals surface area contributed by atoms with Crippen molar-refractivity contribution in [1.29, 1.82) is 0 Å². The standard InChI is InChI=1S/C10H20N2O2S/c1-14-9(6-11)10(13)12-7-3-4-8(5-7)15-2/h7-9H,3-6,11H2,1-2H3,(H,12,13). The lowest BCUT2D eigenvalue weighted by Gasteiger charge is -2.17. The molecule has 3 N–H and O–H groups in total. The zero-order valence-corrected chi connectivity index (χ0v) is 10.2. The summed E-state index contributed by atoms with van der Waals surface area (Å²) < 4.78 is 4.98. The smallest absolute Gasteiger partial charge is 0.250 e. The van der Waals surface area contributed by atoms with Crippen LogP contribution in [-0.4, -0.2) is 43.2 Å². The van der Waals surface area contributed by atoms with Gasteiger partial charge in [-0.2, -0.15) is 11.8 Å². The van der Waals surface area contributed by atoms with Crippen molar-refractivity contribution in [3.8, 4) is 0 Å². The van der Waals surface area contributed by atoms with Gasteiger partial charge in [-0.1, -0.05) is 0 Å². The third-order valence-electron chi connectivity index (χ3n) is 2.86. The quantitative estimate of drug-likeness (QED) is 0.718. The van der Waals surface area contributed by atoms with Crippen molar-refractivity contribution < 1.29 is 9.53 Å². The van der Waals surface area contributed by atoms with Crippen molar-refractivity contribution in [3.63, 3.8) is 0 Å². The van der Waals surface area contributed by atoms with E-state index in [9.17, 15) is 4.79 Å². The Morgan fingerprint density at radius 1 is 1.67 bits per heavy atom. The lowest BCUT2D eigenvalue weighted by atomic mass is 10.2. The molecule has 1 aliphatic rings. The van der Waals surface area contributed by atoms with E-state index in [-0.39, 0.29) is 12.5 Å². The topological polar surface area (TPSA) is 64.3 Å². The molecular weight excluding hydrogens is 212 g/mol. The molecule has 0 radical (unpaired) electrons. The molecule has 1 rings (SSSR count). The molecule has 0 saturated heterocycles. The van der Waals surface area contributed by atoms with Crippen molar-refractivity contribution in [2.24, 2.45) is 5.73 Å². The highest BCUT2D eigenvalue weighted by Crippen LogP contribution is 2.28. The first-order chi connectivity index (χ1) is 7.21. The largest absolute Gasteiger partial charge is 0.370 e. The second-order valence-electron chi connectivity index (χ2n) is 3.84. The minimum atomic E-state index is -0.502. The summed E-state index contributed by atoms with van der Waals surface area (Å²) in [5.41, 5.74) is 5.42. The van der Waals surface area contributed by atoms with Crippen LogP contribution in [0.5, 0.6) is 0 Å². The second kappa shape index (κ2) is 6.35. The summed E-state index contributed by atoms with van der Waals surface area (Å²) in [7, 11) is 1.51. The van der Waals surface area contributed by atoms with Gasteiger partial charge in [0.15, 0.2) is 0 Å². The SMILES string of the molecule is COC(CN)C(=O)NC1CCC(SC)C1. The van der Waals surface area contributed by atoms with Crippen LogP contribution in [0.3, 0.4) is 0 Å². The number of hydrogen-bond acceptors (Lipinski definition) is 4. The van der Waals surface area contributed by atoms with Gasteiger partial charge in [0.1, 0.15) is 6.10 Å². The van der Waals surface area contributed by atoms with Crippen LogP contribution in [0.25, 0.3) is 0 Å². The number of rotatable bonds is 5. The fourth-order valence-corrected chi connectivity index (χ4v) is 2.69. The van der Waals surface area contributed by atoms with Gasteiger partial charge in [-0.25, -0.2) is 0 Å². The van der Waals surface area contributed by atoms with Crippen LogP contribution in [0.2, 0.25) is 0 Å². The van der Waals surface area contributed by atoms with Crippen LogP contribution in [0.4, 0.5) is 0 Å². The van der Waals surface area contributed by atoms with Crippen molar-refractivity contribution in [3.05, 3.63) is 0 Å². The fraction of sp³-hybridized carbons (Fsp3) is 0.900. The first-order valence-corrected chi connectivity index (χ1v) is 6.56. The summed E-state index contributed by atoms with van der Waals surface area (Å²) in [5.74, 6) is -0.0771. The van der Waals surface area contributed by atoms with Gasteiger partial charge in [-0.3, -0.25) is 4.79 Å². The Labute approximate surface area is 95.3 Å². The fourth-order valence-electron chi connectivity index (χ4n) is 1.89. The number of hydrogen-bond donors (Lipinski definition) is 2. The van der Waals surface area contributed by atoms with E-state index in [2.05, 4.69) is 11.6 Å². The molecule has 1 saturated carbocycles. The van der Waals surface area contributed by atoms with Gasteiger partial charge in [-0.15, -0.1) is 0 Å². The van der Waals surface area contributed by atoms with Gasteiger partial charge >= 0.3 is 0 Å². The van der Waals surface area contributed by atoms with Crippen molar-refractivity contribution in [2.75, 3.05) is 19.9 Å². The predicted molar refractivity (Wildman–Crippen MR) is 62.9 cm³/mol. The van der Waals surface area contributed by atoms with Crippen LogP contribution < -0.4 is 11.1 Å². The number of carbonyl (C=O) groups is 1. The van der Waals surface area contributed by atoms with Crippen molar-refractivity contribution in [2.45, 2.75) is 36.7 Å². The maximum atomic E-state index is 11.6. The minimum absolute atomic E-state index is 0.0771. The first kappa shape index (κ1) is 12.8. The molecule has 3 unspecified atom stereocenters. The molecule has 1 fully saturated rings. The highest BCUT2D eigenvalue weighted by atomic mass is 32.2. The number of amides is 1. The van der Waals surface area contributed by atoms with E-state index < -0.39 is 6.10 Å². The second-order valence-corrected chi connectivity index (χ2v) is 4.97. The Balaban J connectivity index is 2.32. The Morgan fingerprint density at radius 2 is 2.40 bits per heavy atom. The molecule has 0 heterocycles. The Morgan fingerprint density at radius 3 is 2.87 bits per heavy atom. The van der Waals surface area contributed by atoms with Gasteiger partial charge in [0.05, 0.1) is 0 Å². The number of thioether (sulfide) groups is 1. The molecule has 0 aromatic heterocycles. The molecule has 1 amide bonds. The Hall–Kier alpha value is -0.260. The molecule has 0 aliphatic heterocycles. The van der Waals surface area contributed by atoms with E-state index in [0.717, 1.165) is 12.8 Å². The summed E-state index contributed by atoms with van der Waals surface area (Å²) in [5, 5.41) is 3.68. The maximum absolute atomic E-state index is 11.6. The highest BCUT2D eigenvalue weighted by molar-refractivity contribution is 7.99. The van der Waals surface area contributed by atoms with E-state index in [1.165, 1.54) is 13.5 Å². The average Bonchev–Trinajstić information content (AvgIpc) is 2.67. The summed E-state index contributed by atoms with van der Waals surface area (Å²) >= 11 is 1.88. The van der Waals surface area contributed by atoms with E-state index in [1.807, 2.05) is 11.8 Å². The van der Waals surface area contributed by atoms with Crippen LogP contribution >= 0.6 is 11.8 Å². The molecule has 0 aromatic carbocycles. The summed E-state index contributed by atoms with van der Waals surface area (Å²) in [6.45, 7) is 0.237. The van der Waals surface area contributed by atoms with Crippen molar-refractivity contribution in [1.82, 2.24) is 5.32 Å². The normalized spacial score (nSPS) is 27.7. The molecule has 0 bridgehead atoms. The molecule has 0 aromatic rings. The van der Waals surface area contributed by atoms with Gasteiger partial charge < -0.3 is 15.8 Å². The Bertz CT molecular complexity index is 210. The van der Waals surface area contributed by atoms with E-state index in [0.29, 0.717) is 11.3 Å². The third kappa shape index (κ3) is 3.66. The van der Waals surface area contributed by atoms with Crippen LogP contribution in [0.1, 0.15) is 19.3 Å². The van der Waals surface area contributed by atoms with Crippen LogP contribution in [0, 0.1) is 0 Å². The highest BCUT2D eigenvalue weighted by Gasteiger charge is 2.27. The number of ether oxygens (including phenoxy) is 1. The molecule has 0 spiro atoms. The molecule has 1 aliphatic carbocycles. The molecule has 88 valence electrons. The number of nitrogens with two attached hydrogens (primary N) is 1. The van der Waals surface area contributed by atoms with E-state index in [4.69, 9.17) is 10.5 Å². The average molecular weight is 232 g/mol. The van der Waals surface area contributed by atoms with Crippen molar-refractivity contribution >= 4 is 17.7 Å². The molecule has 5 heteroatoms. The monoisotopic (exact) mass is 232 g/mol. The molecular formula is C10H20N2O2S. The third-order valence-corrected chi connectivity index (χ3v) is 3.95. The zero-order chi connectivity index (χ0) is 11.3. The first-order valence-electron chi connectivity index (χ1n) is 5.27. The van der Waals surface area contributed by atoms with Gasteiger partial charge in [-0.05, 0) is 25.5 Å². The zero-order valence-electron chi connectivity index (χ0n) is 9.36. The van der Waals surface area contributed by atoms with E-state index in [1.54, 1.807) is 0 Å². The predicted octanol–water partition coefficient (Wildman–Crippen LogP) is 0.360. The summed E-state index contributed by atoms with van der Waals surface area (Å²) in [4.78, 5) is 11.6. The summed E-state index contributed by atoms with van der Waals surface area (Å²) in [6.07, 6.45) is 4.93. The van der Waals surface area contributed by atoms with Gasteiger partial charge in [0.25, 0.3) is 5.91 Å². The Kier molecular flexibility index (Phi) is 5.42.